The molecular weight excluding hydrogens is 356 g/mol. The lowest BCUT2D eigenvalue weighted by molar-refractivity contribution is 0.102. The Morgan fingerprint density at radius 2 is 1.85 bits per heavy atom. The Kier molecular flexibility index (Phi) is 5.18. The molecule has 5 nitrogen and oxygen atoms in total. The number of nitrogens with one attached hydrogen (secondary N) is 1. The highest BCUT2D eigenvalue weighted by Crippen LogP contribution is 2.23. The zero-order chi connectivity index (χ0) is 18.6. The van der Waals surface area contributed by atoms with Crippen molar-refractivity contribution in [2.45, 2.75) is 0 Å². The average molecular weight is 379 g/mol. The van der Waals surface area contributed by atoms with Crippen molar-refractivity contribution in [2.24, 2.45) is 0 Å². The van der Waals surface area contributed by atoms with Gasteiger partial charge in [0.05, 0.1) is 0 Å². The average Bonchev–Trinajstić information content (AvgIpc) is 3.24. The van der Waals surface area contributed by atoms with Gasteiger partial charge in [-0.15, -0.1) is 11.3 Å². The summed E-state index contributed by atoms with van der Waals surface area (Å²) in [6.07, 6.45) is 1.77. The number of piperazine rings is 1. The Morgan fingerprint density at radius 1 is 1.07 bits per heavy atom. The molecule has 0 atom stereocenters. The summed E-state index contributed by atoms with van der Waals surface area (Å²) < 4.78 is 0. The van der Waals surface area contributed by atoms with Gasteiger partial charge in [0.25, 0.3) is 5.91 Å². The van der Waals surface area contributed by atoms with Gasteiger partial charge in [-0.2, -0.15) is 0 Å². The molecule has 4 rings (SSSR count). The van der Waals surface area contributed by atoms with Crippen LogP contribution < -0.4 is 10.2 Å². The van der Waals surface area contributed by atoms with E-state index < -0.39 is 0 Å². The predicted molar refractivity (Wildman–Crippen MR) is 112 cm³/mol. The molecule has 1 N–H and O–H groups in total. The molecule has 2 heterocycles. The van der Waals surface area contributed by atoms with Crippen LogP contribution in [0.5, 0.6) is 0 Å². The third kappa shape index (κ3) is 4.18. The number of aromatic nitrogens is 1. The SMILES string of the molecule is CN1CCN(c2ccc(NC(=O)c3cccc(-c4nccs4)c3)cc2)CC1. The van der Waals surface area contributed by atoms with Crippen molar-refractivity contribution in [3.05, 3.63) is 65.7 Å². The minimum atomic E-state index is -0.110. The molecule has 0 bridgehead atoms. The van der Waals surface area contributed by atoms with Gasteiger partial charge in [0.1, 0.15) is 5.01 Å². The minimum Gasteiger partial charge on any atom is -0.369 e. The van der Waals surface area contributed by atoms with Gasteiger partial charge in [-0.3, -0.25) is 4.79 Å². The lowest BCUT2D eigenvalue weighted by Crippen LogP contribution is -2.44. The lowest BCUT2D eigenvalue weighted by atomic mass is 10.1. The number of amides is 1. The fraction of sp³-hybridized carbons (Fsp3) is 0.238. The molecule has 1 amide bonds. The molecule has 0 unspecified atom stereocenters. The fourth-order valence-corrected chi connectivity index (χ4v) is 3.82. The Hall–Kier alpha value is -2.70. The summed E-state index contributed by atoms with van der Waals surface area (Å²) >= 11 is 1.57. The van der Waals surface area contributed by atoms with E-state index in [1.807, 2.05) is 41.8 Å². The Morgan fingerprint density at radius 3 is 2.56 bits per heavy atom. The predicted octanol–water partition coefficient (Wildman–Crippen LogP) is 3.81. The van der Waals surface area contributed by atoms with Gasteiger partial charge in [-0.05, 0) is 43.4 Å². The molecule has 1 aliphatic rings. The number of hydrogen-bond donors (Lipinski definition) is 1. The lowest BCUT2D eigenvalue weighted by Gasteiger charge is -2.34. The maximum atomic E-state index is 12.6. The minimum absolute atomic E-state index is 0.110. The first kappa shape index (κ1) is 17.7. The number of hydrogen-bond acceptors (Lipinski definition) is 5. The number of carbonyl (C=O) groups is 1. The number of thiazole rings is 1. The summed E-state index contributed by atoms with van der Waals surface area (Å²) in [6.45, 7) is 4.22. The van der Waals surface area contributed by atoms with Crippen LogP contribution in [0.25, 0.3) is 10.6 Å². The molecule has 1 aliphatic heterocycles. The van der Waals surface area contributed by atoms with Crippen LogP contribution >= 0.6 is 11.3 Å². The van der Waals surface area contributed by atoms with Gasteiger partial charge < -0.3 is 15.1 Å². The number of nitrogens with zero attached hydrogens (tertiary/aromatic N) is 3. The first-order valence-electron chi connectivity index (χ1n) is 9.04. The third-order valence-electron chi connectivity index (χ3n) is 4.80. The number of rotatable bonds is 4. The Balaban J connectivity index is 1.43. The van der Waals surface area contributed by atoms with Gasteiger partial charge in [0.2, 0.25) is 0 Å². The quantitative estimate of drug-likeness (QED) is 0.750. The monoisotopic (exact) mass is 378 g/mol. The van der Waals surface area contributed by atoms with Crippen LogP contribution in [0.2, 0.25) is 0 Å². The van der Waals surface area contributed by atoms with Crippen LogP contribution in [-0.2, 0) is 0 Å². The van der Waals surface area contributed by atoms with E-state index in [4.69, 9.17) is 0 Å². The van der Waals surface area contributed by atoms with Crippen molar-refractivity contribution >= 4 is 28.6 Å². The fourth-order valence-electron chi connectivity index (χ4n) is 3.18. The molecule has 1 fully saturated rings. The summed E-state index contributed by atoms with van der Waals surface area (Å²) in [5.41, 5.74) is 3.60. The molecule has 0 saturated carbocycles. The van der Waals surface area contributed by atoms with Gasteiger partial charge in [0.15, 0.2) is 0 Å². The second kappa shape index (κ2) is 7.90. The molecule has 0 aliphatic carbocycles. The van der Waals surface area contributed by atoms with Crippen LogP contribution in [0.15, 0.2) is 60.1 Å². The van der Waals surface area contributed by atoms with Gasteiger partial charge in [-0.1, -0.05) is 12.1 Å². The maximum absolute atomic E-state index is 12.6. The van der Waals surface area contributed by atoms with E-state index in [0.717, 1.165) is 42.4 Å². The van der Waals surface area contributed by atoms with Crippen molar-refractivity contribution in [3.8, 4) is 10.6 Å². The van der Waals surface area contributed by atoms with Gasteiger partial charge >= 0.3 is 0 Å². The molecule has 138 valence electrons. The van der Waals surface area contributed by atoms with Crippen molar-refractivity contribution in [2.75, 3.05) is 43.4 Å². The molecule has 1 aromatic heterocycles. The van der Waals surface area contributed by atoms with Crippen molar-refractivity contribution < 1.29 is 4.79 Å². The van der Waals surface area contributed by atoms with Crippen LogP contribution in [-0.4, -0.2) is 49.0 Å². The van der Waals surface area contributed by atoms with Gasteiger partial charge in [-0.25, -0.2) is 4.98 Å². The zero-order valence-electron chi connectivity index (χ0n) is 15.3. The summed E-state index contributed by atoms with van der Waals surface area (Å²) in [7, 11) is 2.15. The van der Waals surface area contributed by atoms with E-state index in [0.29, 0.717) is 5.56 Å². The number of carbonyl (C=O) groups excluding carboxylic acids is 1. The number of benzene rings is 2. The van der Waals surface area contributed by atoms with Crippen molar-refractivity contribution in [3.63, 3.8) is 0 Å². The topological polar surface area (TPSA) is 48.5 Å². The highest BCUT2D eigenvalue weighted by atomic mass is 32.1. The van der Waals surface area contributed by atoms with E-state index in [-0.39, 0.29) is 5.91 Å². The molecule has 0 radical (unpaired) electrons. The van der Waals surface area contributed by atoms with Crippen molar-refractivity contribution in [1.29, 1.82) is 0 Å². The van der Waals surface area contributed by atoms with E-state index >= 15 is 0 Å². The summed E-state index contributed by atoms with van der Waals surface area (Å²) in [4.78, 5) is 21.6. The molecule has 1 saturated heterocycles. The normalized spacial score (nSPS) is 14.9. The molecular formula is C21H22N4OS. The molecule has 27 heavy (non-hydrogen) atoms. The Bertz CT molecular complexity index is 900. The maximum Gasteiger partial charge on any atom is 0.255 e. The van der Waals surface area contributed by atoms with Crippen LogP contribution in [0.1, 0.15) is 10.4 Å². The third-order valence-corrected chi connectivity index (χ3v) is 5.62. The van der Waals surface area contributed by atoms with Crippen LogP contribution in [0.3, 0.4) is 0 Å². The first-order valence-corrected chi connectivity index (χ1v) is 9.92. The molecule has 6 heteroatoms. The molecule has 2 aromatic carbocycles. The van der Waals surface area contributed by atoms with E-state index in [1.165, 1.54) is 5.69 Å². The highest BCUT2D eigenvalue weighted by Gasteiger charge is 2.14. The van der Waals surface area contributed by atoms with Crippen molar-refractivity contribution in [1.82, 2.24) is 9.88 Å². The second-order valence-corrected chi connectivity index (χ2v) is 7.60. The summed E-state index contributed by atoms with van der Waals surface area (Å²) in [6, 6.07) is 15.7. The van der Waals surface area contributed by atoms with Crippen LogP contribution in [0.4, 0.5) is 11.4 Å². The van der Waals surface area contributed by atoms with Gasteiger partial charge in [0, 0.05) is 60.3 Å². The molecule has 0 spiro atoms. The number of likely N-dealkylation sites (N-methyl/N-ethyl adjacent to an activating group) is 1. The van der Waals surface area contributed by atoms with E-state index in [2.05, 4.69) is 39.3 Å². The Labute approximate surface area is 163 Å². The standard InChI is InChI=1S/C21H22N4OS/c1-24-10-12-25(13-11-24)19-7-5-18(6-8-19)23-20(26)16-3-2-4-17(15-16)21-22-9-14-27-21/h2-9,14-15H,10-13H2,1H3,(H,23,26). The largest absolute Gasteiger partial charge is 0.369 e. The first-order chi connectivity index (χ1) is 13.2. The highest BCUT2D eigenvalue weighted by molar-refractivity contribution is 7.13. The van der Waals surface area contributed by atoms with E-state index in [9.17, 15) is 4.79 Å². The summed E-state index contributed by atoms with van der Waals surface area (Å²) in [5.74, 6) is -0.110. The molecule has 3 aromatic rings. The van der Waals surface area contributed by atoms with E-state index in [1.54, 1.807) is 17.5 Å². The zero-order valence-corrected chi connectivity index (χ0v) is 16.1. The number of anilines is 2. The smallest absolute Gasteiger partial charge is 0.255 e. The summed E-state index contributed by atoms with van der Waals surface area (Å²) in [5, 5.41) is 5.84. The second-order valence-electron chi connectivity index (χ2n) is 6.71. The van der Waals surface area contributed by atoms with Crippen LogP contribution in [0, 0.1) is 0 Å².